The third kappa shape index (κ3) is 5.88. The summed E-state index contributed by atoms with van der Waals surface area (Å²) in [7, 11) is 0. The van der Waals surface area contributed by atoms with E-state index < -0.39 is 0 Å². The molecule has 1 saturated carbocycles. The molecule has 6 heteroatoms. The van der Waals surface area contributed by atoms with E-state index in [-0.39, 0.29) is 29.9 Å². The number of anilines is 1. The molecule has 0 saturated heterocycles. The summed E-state index contributed by atoms with van der Waals surface area (Å²) in [6.07, 6.45) is 5.23. The fourth-order valence-corrected chi connectivity index (χ4v) is 2.88. The van der Waals surface area contributed by atoms with Crippen LogP contribution in [0.5, 0.6) is 0 Å². The zero-order valence-electron chi connectivity index (χ0n) is 15.8. The summed E-state index contributed by atoms with van der Waals surface area (Å²) < 4.78 is 5.31. The van der Waals surface area contributed by atoms with Crippen molar-refractivity contribution in [1.29, 1.82) is 0 Å². The molecule has 3 amide bonds. The van der Waals surface area contributed by atoms with Gasteiger partial charge >= 0.3 is 6.03 Å². The molecule has 1 aliphatic carbocycles. The van der Waals surface area contributed by atoms with E-state index in [4.69, 9.17) is 4.42 Å². The first kappa shape index (κ1) is 19.0. The monoisotopic (exact) mass is 369 g/mol. The van der Waals surface area contributed by atoms with Gasteiger partial charge in [-0.1, -0.05) is 12.1 Å². The van der Waals surface area contributed by atoms with Gasteiger partial charge in [0.15, 0.2) is 0 Å². The van der Waals surface area contributed by atoms with Crippen LogP contribution in [-0.2, 0) is 11.2 Å². The van der Waals surface area contributed by atoms with Gasteiger partial charge in [-0.3, -0.25) is 4.79 Å². The smallest absolute Gasteiger partial charge is 0.315 e. The second-order valence-corrected chi connectivity index (χ2v) is 7.24. The first-order valence-electron chi connectivity index (χ1n) is 9.51. The van der Waals surface area contributed by atoms with E-state index in [9.17, 15) is 9.59 Å². The lowest BCUT2D eigenvalue weighted by atomic mass is 10.1. The van der Waals surface area contributed by atoms with Crippen molar-refractivity contribution >= 4 is 17.6 Å². The van der Waals surface area contributed by atoms with E-state index in [1.165, 1.54) is 0 Å². The summed E-state index contributed by atoms with van der Waals surface area (Å²) in [6, 6.07) is 11.1. The number of hydrogen-bond donors (Lipinski definition) is 3. The molecule has 0 spiro atoms. The summed E-state index contributed by atoms with van der Waals surface area (Å²) in [5.74, 6) is 1.20. The molecule has 2 atom stereocenters. The van der Waals surface area contributed by atoms with E-state index in [2.05, 4.69) is 16.0 Å². The van der Waals surface area contributed by atoms with Crippen LogP contribution in [0.4, 0.5) is 10.5 Å². The van der Waals surface area contributed by atoms with Crippen LogP contribution >= 0.6 is 0 Å². The number of urea groups is 1. The number of aryl methyl sites for hydroxylation is 1. The van der Waals surface area contributed by atoms with Gasteiger partial charge in [-0.15, -0.1) is 0 Å². The number of hydrogen-bond acceptors (Lipinski definition) is 3. The van der Waals surface area contributed by atoms with Gasteiger partial charge in [0.1, 0.15) is 5.76 Å². The zero-order chi connectivity index (χ0) is 19.2. The molecule has 3 rings (SSSR count). The highest BCUT2D eigenvalue weighted by atomic mass is 16.3. The van der Waals surface area contributed by atoms with Crippen LogP contribution in [0.15, 0.2) is 47.1 Å². The van der Waals surface area contributed by atoms with E-state index in [0.29, 0.717) is 0 Å². The first-order chi connectivity index (χ1) is 13.0. The van der Waals surface area contributed by atoms with Crippen LogP contribution in [0.3, 0.4) is 0 Å². The summed E-state index contributed by atoms with van der Waals surface area (Å²) in [5, 5.41) is 8.82. The molecule has 2 aromatic rings. The van der Waals surface area contributed by atoms with Gasteiger partial charge in [-0.25, -0.2) is 4.79 Å². The molecule has 1 fully saturated rings. The number of carbonyl (C=O) groups is 2. The Kier molecular flexibility index (Phi) is 6.16. The third-order valence-corrected chi connectivity index (χ3v) is 4.76. The minimum absolute atomic E-state index is 0.0438. The molecular weight excluding hydrogens is 342 g/mol. The molecule has 1 heterocycles. The van der Waals surface area contributed by atoms with Crippen molar-refractivity contribution in [1.82, 2.24) is 10.6 Å². The maximum atomic E-state index is 12.2. The van der Waals surface area contributed by atoms with Crippen LogP contribution in [-0.4, -0.2) is 18.0 Å². The molecule has 1 aliphatic rings. The predicted molar refractivity (Wildman–Crippen MR) is 104 cm³/mol. The Morgan fingerprint density at radius 2 is 1.85 bits per heavy atom. The third-order valence-electron chi connectivity index (χ3n) is 4.76. The van der Waals surface area contributed by atoms with E-state index >= 15 is 0 Å². The van der Waals surface area contributed by atoms with Crippen LogP contribution in [0.1, 0.15) is 50.5 Å². The Hall–Kier alpha value is -2.76. The van der Waals surface area contributed by atoms with Crippen molar-refractivity contribution in [3.05, 3.63) is 54.0 Å². The predicted octanol–water partition coefficient (Wildman–Crippen LogP) is 4.01. The summed E-state index contributed by atoms with van der Waals surface area (Å²) in [6.45, 7) is 3.91. The number of rotatable bonds is 8. The van der Waals surface area contributed by atoms with Crippen LogP contribution in [0.2, 0.25) is 0 Å². The number of amides is 3. The molecule has 0 bridgehead atoms. The Bertz CT molecular complexity index is 751. The second-order valence-electron chi connectivity index (χ2n) is 7.24. The molecule has 0 radical (unpaired) electrons. The van der Waals surface area contributed by atoms with Crippen molar-refractivity contribution in [2.75, 3.05) is 5.32 Å². The average molecular weight is 369 g/mol. The lowest BCUT2D eigenvalue weighted by Gasteiger charge is -2.18. The largest absolute Gasteiger partial charge is 0.469 e. The maximum absolute atomic E-state index is 12.2. The molecule has 1 aromatic heterocycles. The molecule has 27 heavy (non-hydrogen) atoms. The van der Waals surface area contributed by atoms with Crippen molar-refractivity contribution in [2.45, 2.75) is 51.6 Å². The minimum Gasteiger partial charge on any atom is -0.469 e. The Morgan fingerprint density at radius 1 is 1.11 bits per heavy atom. The Balaban J connectivity index is 1.42. The van der Waals surface area contributed by atoms with Crippen molar-refractivity contribution in [3.63, 3.8) is 0 Å². The quantitative estimate of drug-likeness (QED) is 0.657. The molecule has 1 aromatic carbocycles. The van der Waals surface area contributed by atoms with Gasteiger partial charge in [0.05, 0.1) is 12.3 Å². The molecule has 3 N–H and O–H groups in total. The summed E-state index contributed by atoms with van der Waals surface area (Å²) in [4.78, 5) is 24.0. The SMILES string of the molecule is CC(CCc1ccco1)NC(=O)NC(C)c1ccc(NC(=O)C2CC2)cc1. The molecule has 144 valence electrons. The molecule has 6 nitrogen and oxygen atoms in total. The number of carbonyl (C=O) groups excluding carboxylic acids is 2. The van der Waals surface area contributed by atoms with E-state index in [0.717, 1.165) is 42.7 Å². The number of nitrogens with one attached hydrogen (secondary N) is 3. The van der Waals surface area contributed by atoms with Crippen LogP contribution < -0.4 is 16.0 Å². The summed E-state index contributed by atoms with van der Waals surface area (Å²) >= 11 is 0. The van der Waals surface area contributed by atoms with Gasteiger partial charge in [0.25, 0.3) is 0 Å². The van der Waals surface area contributed by atoms with Gasteiger partial charge < -0.3 is 20.4 Å². The zero-order valence-corrected chi connectivity index (χ0v) is 15.8. The maximum Gasteiger partial charge on any atom is 0.315 e. The highest BCUT2D eigenvalue weighted by Gasteiger charge is 2.29. The Morgan fingerprint density at radius 3 is 2.48 bits per heavy atom. The number of benzene rings is 1. The second kappa shape index (κ2) is 8.75. The highest BCUT2D eigenvalue weighted by Crippen LogP contribution is 2.30. The van der Waals surface area contributed by atoms with E-state index in [1.54, 1.807) is 6.26 Å². The van der Waals surface area contributed by atoms with Gasteiger partial charge in [0, 0.05) is 24.1 Å². The molecular formula is C21H27N3O3. The minimum atomic E-state index is -0.194. The van der Waals surface area contributed by atoms with Gasteiger partial charge in [0.2, 0.25) is 5.91 Å². The lowest BCUT2D eigenvalue weighted by Crippen LogP contribution is -2.41. The van der Waals surface area contributed by atoms with Crippen molar-refractivity contribution < 1.29 is 14.0 Å². The van der Waals surface area contributed by atoms with Gasteiger partial charge in [-0.2, -0.15) is 0 Å². The lowest BCUT2D eigenvalue weighted by molar-refractivity contribution is -0.117. The van der Waals surface area contributed by atoms with Gasteiger partial charge in [-0.05, 0) is 62.9 Å². The highest BCUT2D eigenvalue weighted by molar-refractivity contribution is 5.94. The molecule has 0 aliphatic heterocycles. The van der Waals surface area contributed by atoms with Crippen LogP contribution in [0, 0.1) is 5.92 Å². The van der Waals surface area contributed by atoms with Crippen molar-refractivity contribution in [2.24, 2.45) is 5.92 Å². The topological polar surface area (TPSA) is 83.4 Å². The Labute approximate surface area is 159 Å². The molecule has 2 unspecified atom stereocenters. The van der Waals surface area contributed by atoms with Crippen LogP contribution in [0.25, 0.3) is 0 Å². The standard InChI is InChI=1S/C21H27N3O3/c1-14(5-12-19-4-3-13-27-19)22-21(26)23-15(2)16-8-10-18(11-9-16)24-20(25)17-6-7-17/h3-4,8-11,13-15,17H,5-7,12H2,1-2H3,(H,24,25)(H2,22,23,26). The van der Waals surface area contributed by atoms with Crippen molar-refractivity contribution in [3.8, 4) is 0 Å². The fraction of sp³-hybridized carbons (Fsp3) is 0.429. The normalized spacial score (nSPS) is 15.6. The number of furan rings is 1. The first-order valence-corrected chi connectivity index (χ1v) is 9.51. The van der Waals surface area contributed by atoms with E-state index in [1.807, 2.05) is 50.2 Å². The summed E-state index contributed by atoms with van der Waals surface area (Å²) in [5.41, 5.74) is 1.77. The average Bonchev–Trinajstić information content (AvgIpc) is 3.37. The fourth-order valence-electron chi connectivity index (χ4n) is 2.88.